The predicted octanol–water partition coefficient (Wildman–Crippen LogP) is 4.08. The molecule has 2 rings (SSSR count). The van der Waals surface area contributed by atoms with Gasteiger partial charge in [0.15, 0.2) is 0 Å². The Morgan fingerprint density at radius 2 is 1.91 bits per heavy atom. The predicted molar refractivity (Wildman–Crippen MR) is 89.2 cm³/mol. The van der Waals surface area contributed by atoms with Gasteiger partial charge in [0, 0.05) is 29.4 Å². The number of aromatic hydroxyl groups is 1. The van der Waals surface area contributed by atoms with Gasteiger partial charge in [0.05, 0.1) is 0 Å². The first kappa shape index (κ1) is 16.1. The summed E-state index contributed by atoms with van der Waals surface area (Å²) in [6.07, 6.45) is 3.55. The molecule has 0 aromatic heterocycles. The number of rotatable bonds is 8. The van der Waals surface area contributed by atoms with Crippen molar-refractivity contribution in [2.75, 3.05) is 18.5 Å². The van der Waals surface area contributed by atoms with Crippen LogP contribution < -0.4 is 5.32 Å². The Morgan fingerprint density at radius 3 is 2.73 bits per heavy atom. The van der Waals surface area contributed by atoms with E-state index in [1.165, 1.54) is 0 Å². The van der Waals surface area contributed by atoms with E-state index in [2.05, 4.69) is 12.2 Å². The molecule has 0 aliphatic heterocycles. The number of nitrogens with one attached hydrogen (secondary N) is 1. The minimum absolute atomic E-state index is 0.134. The molecule has 0 radical (unpaired) electrons. The van der Waals surface area contributed by atoms with E-state index in [9.17, 15) is 9.90 Å². The largest absolute Gasteiger partial charge is 0.507 e. The van der Waals surface area contributed by atoms with Crippen molar-refractivity contribution in [3.05, 3.63) is 36.4 Å². The fourth-order valence-electron chi connectivity index (χ4n) is 2.39. The van der Waals surface area contributed by atoms with Crippen LogP contribution in [0.25, 0.3) is 10.8 Å². The van der Waals surface area contributed by atoms with Crippen LogP contribution in [-0.4, -0.2) is 24.2 Å². The Bertz CT molecular complexity index is 625. The molecule has 2 N–H and O–H groups in total. The average Bonchev–Trinajstić information content (AvgIpc) is 2.52. The van der Waals surface area contributed by atoms with Crippen molar-refractivity contribution < 1.29 is 14.6 Å². The highest BCUT2D eigenvalue weighted by Crippen LogP contribution is 2.29. The van der Waals surface area contributed by atoms with E-state index >= 15 is 0 Å². The number of phenols is 1. The maximum absolute atomic E-state index is 11.5. The van der Waals surface area contributed by atoms with Gasteiger partial charge in [-0.1, -0.05) is 44.0 Å². The summed E-state index contributed by atoms with van der Waals surface area (Å²) in [5.74, 6) is 0.134. The lowest BCUT2D eigenvalue weighted by Gasteiger charge is -2.11. The standard InChI is InChI=1S/C18H23NO3/c1-2-3-4-11-18(21)22-13-12-19-16-9-5-8-15-14(16)7-6-10-17(15)20/h5-10,19-20H,2-4,11-13H2,1H3. The van der Waals surface area contributed by atoms with Gasteiger partial charge in [-0.15, -0.1) is 0 Å². The lowest BCUT2D eigenvalue weighted by atomic mass is 10.1. The van der Waals surface area contributed by atoms with E-state index in [-0.39, 0.29) is 11.7 Å². The topological polar surface area (TPSA) is 58.6 Å². The number of unbranched alkanes of at least 4 members (excludes halogenated alkanes) is 2. The smallest absolute Gasteiger partial charge is 0.305 e. The molecular formula is C18H23NO3. The molecule has 0 fully saturated rings. The molecule has 0 unspecified atom stereocenters. The number of phenolic OH excluding ortho intramolecular Hbond substituents is 1. The SMILES string of the molecule is CCCCCC(=O)OCCNc1cccc2c(O)cccc12. The van der Waals surface area contributed by atoms with Gasteiger partial charge in [-0.3, -0.25) is 4.79 Å². The number of carbonyl (C=O) groups is 1. The molecule has 0 bridgehead atoms. The van der Waals surface area contributed by atoms with Gasteiger partial charge < -0.3 is 15.2 Å². The summed E-state index contributed by atoms with van der Waals surface area (Å²) < 4.78 is 5.20. The number of esters is 1. The highest BCUT2D eigenvalue weighted by atomic mass is 16.5. The first-order valence-corrected chi connectivity index (χ1v) is 7.82. The summed E-state index contributed by atoms with van der Waals surface area (Å²) in [6, 6.07) is 11.2. The zero-order valence-electron chi connectivity index (χ0n) is 13.0. The second kappa shape index (κ2) is 8.27. The first-order valence-electron chi connectivity index (χ1n) is 7.82. The van der Waals surface area contributed by atoms with Crippen molar-refractivity contribution in [2.24, 2.45) is 0 Å². The Hall–Kier alpha value is -2.23. The van der Waals surface area contributed by atoms with Gasteiger partial charge in [-0.05, 0) is 18.6 Å². The van der Waals surface area contributed by atoms with Crippen LogP contribution in [0.5, 0.6) is 5.75 Å². The zero-order chi connectivity index (χ0) is 15.8. The lowest BCUT2D eigenvalue weighted by molar-refractivity contribution is -0.143. The molecule has 0 amide bonds. The summed E-state index contributed by atoms with van der Waals surface area (Å²) in [5.41, 5.74) is 0.926. The fourth-order valence-corrected chi connectivity index (χ4v) is 2.39. The van der Waals surface area contributed by atoms with Crippen LogP contribution in [-0.2, 0) is 9.53 Å². The zero-order valence-corrected chi connectivity index (χ0v) is 13.0. The van der Waals surface area contributed by atoms with E-state index in [0.29, 0.717) is 19.6 Å². The number of fused-ring (bicyclic) bond motifs is 1. The fraction of sp³-hybridized carbons (Fsp3) is 0.389. The number of hydrogen-bond donors (Lipinski definition) is 2. The molecule has 4 heteroatoms. The number of anilines is 1. The molecule has 0 spiro atoms. The van der Waals surface area contributed by atoms with Gasteiger partial charge in [-0.25, -0.2) is 0 Å². The molecule has 0 aliphatic rings. The van der Waals surface area contributed by atoms with Crippen LogP contribution in [0.4, 0.5) is 5.69 Å². The van der Waals surface area contributed by atoms with Crippen molar-refractivity contribution in [3.8, 4) is 5.75 Å². The van der Waals surface area contributed by atoms with Crippen molar-refractivity contribution in [1.29, 1.82) is 0 Å². The molecule has 0 heterocycles. The van der Waals surface area contributed by atoms with Gasteiger partial charge in [0.2, 0.25) is 0 Å². The Labute approximate surface area is 131 Å². The monoisotopic (exact) mass is 301 g/mol. The Kier molecular flexibility index (Phi) is 6.07. The minimum Gasteiger partial charge on any atom is -0.507 e. The second-order valence-corrected chi connectivity index (χ2v) is 5.28. The highest BCUT2D eigenvalue weighted by Gasteiger charge is 2.05. The number of carbonyl (C=O) groups excluding carboxylic acids is 1. The number of ether oxygens (including phenoxy) is 1. The number of hydrogen-bond acceptors (Lipinski definition) is 4. The Balaban J connectivity index is 1.83. The summed E-state index contributed by atoms with van der Waals surface area (Å²) >= 11 is 0. The quantitative estimate of drug-likeness (QED) is 0.570. The minimum atomic E-state index is -0.134. The van der Waals surface area contributed by atoms with Crippen molar-refractivity contribution >= 4 is 22.4 Å². The molecule has 22 heavy (non-hydrogen) atoms. The van der Waals surface area contributed by atoms with Crippen LogP contribution >= 0.6 is 0 Å². The Morgan fingerprint density at radius 1 is 1.14 bits per heavy atom. The molecule has 4 nitrogen and oxygen atoms in total. The third kappa shape index (κ3) is 4.38. The molecule has 0 aliphatic carbocycles. The first-order chi connectivity index (χ1) is 10.7. The average molecular weight is 301 g/mol. The van der Waals surface area contributed by atoms with Gasteiger partial charge >= 0.3 is 5.97 Å². The van der Waals surface area contributed by atoms with Crippen molar-refractivity contribution in [1.82, 2.24) is 0 Å². The van der Waals surface area contributed by atoms with E-state index in [4.69, 9.17) is 4.74 Å². The van der Waals surface area contributed by atoms with E-state index in [0.717, 1.165) is 35.7 Å². The van der Waals surface area contributed by atoms with Gasteiger partial charge in [0.25, 0.3) is 0 Å². The molecular weight excluding hydrogens is 278 g/mol. The maximum atomic E-state index is 11.5. The molecule has 118 valence electrons. The van der Waals surface area contributed by atoms with Crippen LogP contribution in [0, 0.1) is 0 Å². The summed E-state index contributed by atoms with van der Waals surface area (Å²) in [7, 11) is 0. The molecule has 0 atom stereocenters. The summed E-state index contributed by atoms with van der Waals surface area (Å²) in [4.78, 5) is 11.5. The maximum Gasteiger partial charge on any atom is 0.305 e. The molecule has 0 saturated carbocycles. The second-order valence-electron chi connectivity index (χ2n) is 5.28. The van der Waals surface area contributed by atoms with E-state index < -0.39 is 0 Å². The number of benzene rings is 2. The summed E-state index contributed by atoms with van der Waals surface area (Å²) in [5, 5.41) is 14.9. The van der Waals surface area contributed by atoms with Gasteiger partial charge in [0.1, 0.15) is 12.4 Å². The third-order valence-corrected chi connectivity index (χ3v) is 3.56. The lowest BCUT2D eigenvalue weighted by Crippen LogP contribution is -2.13. The third-order valence-electron chi connectivity index (χ3n) is 3.56. The molecule has 2 aromatic carbocycles. The van der Waals surface area contributed by atoms with Gasteiger partial charge in [-0.2, -0.15) is 0 Å². The summed E-state index contributed by atoms with van der Waals surface area (Å²) in [6.45, 7) is 3.01. The van der Waals surface area contributed by atoms with Crippen LogP contribution in [0.3, 0.4) is 0 Å². The van der Waals surface area contributed by atoms with E-state index in [1.807, 2.05) is 30.3 Å². The van der Waals surface area contributed by atoms with Crippen LogP contribution in [0.2, 0.25) is 0 Å². The molecule has 2 aromatic rings. The van der Waals surface area contributed by atoms with E-state index in [1.54, 1.807) is 6.07 Å². The van der Waals surface area contributed by atoms with Crippen LogP contribution in [0.1, 0.15) is 32.6 Å². The van der Waals surface area contributed by atoms with Crippen molar-refractivity contribution in [3.63, 3.8) is 0 Å². The van der Waals surface area contributed by atoms with Crippen LogP contribution in [0.15, 0.2) is 36.4 Å². The highest BCUT2D eigenvalue weighted by molar-refractivity contribution is 5.97. The molecule has 0 saturated heterocycles. The van der Waals surface area contributed by atoms with Crippen molar-refractivity contribution in [2.45, 2.75) is 32.6 Å². The normalized spacial score (nSPS) is 10.6.